The molecule has 1 aromatic heterocycles. The van der Waals surface area contributed by atoms with Crippen LogP contribution in [0, 0.1) is 0 Å². The zero-order valence-corrected chi connectivity index (χ0v) is 15.6. The number of thiazole rings is 1. The summed E-state index contributed by atoms with van der Waals surface area (Å²) < 4.78 is 7.34. The van der Waals surface area contributed by atoms with Crippen molar-refractivity contribution in [2.45, 2.75) is 13.5 Å². The lowest BCUT2D eigenvalue weighted by atomic mass is 10.2. The molecular formula is C20H21N3O2S. The lowest BCUT2D eigenvalue weighted by Gasteiger charge is -2.09. The van der Waals surface area contributed by atoms with Gasteiger partial charge in [0.2, 0.25) is 5.91 Å². The van der Waals surface area contributed by atoms with Gasteiger partial charge in [0.25, 0.3) is 0 Å². The lowest BCUT2D eigenvalue weighted by molar-refractivity contribution is -0.118. The van der Waals surface area contributed by atoms with Gasteiger partial charge in [-0.2, -0.15) is 0 Å². The van der Waals surface area contributed by atoms with E-state index in [1.54, 1.807) is 18.4 Å². The van der Waals surface area contributed by atoms with Crippen molar-refractivity contribution in [2.24, 2.45) is 4.99 Å². The Morgan fingerprint density at radius 1 is 1.15 bits per heavy atom. The van der Waals surface area contributed by atoms with Crippen molar-refractivity contribution in [1.29, 1.82) is 0 Å². The molecule has 0 saturated heterocycles. The summed E-state index contributed by atoms with van der Waals surface area (Å²) in [7, 11) is 1.65. The topological polar surface area (TPSA) is 55.6 Å². The highest BCUT2D eigenvalue weighted by Crippen LogP contribution is 2.21. The van der Waals surface area contributed by atoms with Crippen LogP contribution in [0.3, 0.4) is 0 Å². The molecule has 0 bridgehead atoms. The van der Waals surface area contributed by atoms with Crippen LogP contribution in [0.5, 0.6) is 5.75 Å². The first-order chi connectivity index (χ1) is 12.7. The van der Waals surface area contributed by atoms with Gasteiger partial charge in [-0.15, -0.1) is 11.3 Å². The van der Waals surface area contributed by atoms with E-state index in [1.807, 2.05) is 42.5 Å². The van der Waals surface area contributed by atoms with E-state index in [0.29, 0.717) is 13.1 Å². The number of methoxy groups -OCH3 is 1. The molecule has 0 fully saturated rings. The van der Waals surface area contributed by atoms with Crippen LogP contribution < -0.4 is 14.9 Å². The van der Waals surface area contributed by atoms with E-state index < -0.39 is 0 Å². The van der Waals surface area contributed by atoms with Crippen LogP contribution in [-0.4, -0.2) is 24.1 Å². The third-order valence-corrected chi connectivity index (χ3v) is 4.74. The van der Waals surface area contributed by atoms with Crippen molar-refractivity contribution < 1.29 is 9.53 Å². The zero-order chi connectivity index (χ0) is 18.4. The molecule has 2 aromatic carbocycles. The average molecular weight is 367 g/mol. The molecule has 0 aliphatic rings. The van der Waals surface area contributed by atoms with Crippen LogP contribution in [0.2, 0.25) is 0 Å². The van der Waals surface area contributed by atoms with Gasteiger partial charge >= 0.3 is 0 Å². The number of rotatable bonds is 6. The standard InChI is InChI=1S/C20H21N3O2S/c1-15(24)21-12-13-23-19(16-6-4-3-5-7-16)14-26-20(23)22-17-8-10-18(25-2)11-9-17/h3-11,14H,12-13H2,1-2H3,(H,21,24). The highest BCUT2D eigenvalue weighted by atomic mass is 32.1. The largest absolute Gasteiger partial charge is 0.497 e. The van der Waals surface area contributed by atoms with E-state index in [-0.39, 0.29) is 5.91 Å². The van der Waals surface area contributed by atoms with E-state index >= 15 is 0 Å². The Hall–Kier alpha value is -2.86. The van der Waals surface area contributed by atoms with Gasteiger partial charge in [-0.3, -0.25) is 4.79 Å². The summed E-state index contributed by atoms with van der Waals surface area (Å²) in [6.07, 6.45) is 0. The molecule has 3 aromatic rings. The monoisotopic (exact) mass is 367 g/mol. The SMILES string of the molecule is COc1ccc(N=c2scc(-c3ccccc3)n2CCNC(C)=O)cc1. The summed E-state index contributed by atoms with van der Waals surface area (Å²) in [5.41, 5.74) is 3.08. The van der Waals surface area contributed by atoms with Crippen molar-refractivity contribution >= 4 is 22.9 Å². The minimum atomic E-state index is -0.0317. The fourth-order valence-corrected chi connectivity index (χ4v) is 3.54. The Kier molecular flexibility index (Phi) is 5.86. The summed E-state index contributed by atoms with van der Waals surface area (Å²) in [5.74, 6) is 0.773. The highest BCUT2D eigenvalue weighted by molar-refractivity contribution is 7.07. The zero-order valence-electron chi connectivity index (χ0n) is 14.8. The molecule has 1 amide bonds. The lowest BCUT2D eigenvalue weighted by Crippen LogP contribution is -2.28. The smallest absolute Gasteiger partial charge is 0.216 e. The molecule has 0 radical (unpaired) electrons. The Balaban J connectivity index is 1.99. The summed E-state index contributed by atoms with van der Waals surface area (Å²) >= 11 is 1.59. The summed E-state index contributed by atoms with van der Waals surface area (Å²) in [4.78, 5) is 16.9. The van der Waals surface area contributed by atoms with Gasteiger partial charge in [-0.25, -0.2) is 4.99 Å². The summed E-state index contributed by atoms with van der Waals surface area (Å²) in [6.45, 7) is 2.74. The first-order valence-corrected chi connectivity index (χ1v) is 9.22. The molecule has 0 saturated carbocycles. The summed E-state index contributed by atoms with van der Waals surface area (Å²) in [6, 6.07) is 17.8. The predicted octanol–water partition coefficient (Wildman–Crippen LogP) is 3.59. The van der Waals surface area contributed by atoms with Gasteiger partial charge in [0, 0.05) is 25.4 Å². The first kappa shape index (κ1) is 17.9. The van der Waals surface area contributed by atoms with Gasteiger partial charge in [0.15, 0.2) is 4.80 Å². The molecule has 3 rings (SSSR count). The normalized spacial score (nSPS) is 11.4. The Labute approximate surface area is 156 Å². The molecule has 1 heterocycles. The van der Waals surface area contributed by atoms with Crippen LogP contribution in [0.4, 0.5) is 5.69 Å². The van der Waals surface area contributed by atoms with E-state index in [0.717, 1.165) is 27.5 Å². The van der Waals surface area contributed by atoms with Gasteiger partial charge in [-0.1, -0.05) is 30.3 Å². The molecule has 0 spiro atoms. The second kappa shape index (κ2) is 8.49. The predicted molar refractivity (Wildman–Crippen MR) is 105 cm³/mol. The minimum Gasteiger partial charge on any atom is -0.497 e. The fraction of sp³-hybridized carbons (Fsp3) is 0.200. The second-order valence-electron chi connectivity index (χ2n) is 5.71. The van der Waals surface area contributed by atoms with E-state index in [4.69, 9.17) is 9.73 Å². The number of nitrogens with zero attached hydrogens (tertiary/aromatic N) is 2. The average Bonchev–Trinajstić information content (AvgIpc) is 3.05. The number of hydrogen-bond acceptors (Lipinski definition) is 4. The number of aromatic nitrogens is 1. The Morgan fingerprint density at radius 2 is 1.88 bits per heavy atom. The van der Waals surface area contributed by atoms with Crippen molar-refractivity contribution in [1.82, 2.24) is 9.88 Å². The van der Waals surface area contributed by atoms with Crippen LogP contribution in [0.1, 0.15) is 6.92 Å². The molecule has 5 nitrogen and oxygen atoms in total. The van der Waals surface area contributed by atoms with E-state index in [9.17, 15) is 4.79 Å². The molecular weight excluding hydrogens is 346 g/mol. The number of amides is 1. The molecule has 0 unspecified atom stereocenters. The number of hydrogen-bond donors (Lipinski definition) is 1. The summed E-state index contributed by atoms with van der Waals surface area (Å²) in [5, 5.41) is 4.96. The van der Waals surface area contributed by atoms with Crippen LogP contribution in [-0.2, 0) is 11.3 Å². The molecule has 134 valence electrons. The van der Waals surface area contributed by atoms with Crippen molar-refractivity contribution in [3.05, 3.63) is 64.8 Å². The third kappa shape index (κ3) is 4.40. The Bertz CT molecular complexity index is 928. The van der Waals surface area contributed by atoms with Crippen LogP contribution in [0.25, 0.3) is 11.3 Å². The van der Waals surface area contributed by atoms with Gasteiger partial charge in [-0.05, 0) is 29.8 Å². The molecule has 26 heavy (non-hydrogen) atoms. The number of ether oxygens (including phenoxy) is 1. The van der Waals surface area contributed by atoms with Crippen molar-refractivity contribution in [2.75, 3.05) is 13.7 Å². The number of benzene rings is 2. The van der Waals surface area contributed by atoms with E-state index in [2.05, 4.69) is 27.4 Å². The highest BCUT2D eigenvalue weighted by Gasteiger charge is 2.08. The number of carbonyl (C=O) groups is 1. The maximum absolute atomic E-state index is 11.2. The molecule has 0 aliphatic carbocycles. The van der Waals surface area contributed by atoms with Crippen LogP contribution >= 0.6 is 11.3 Å². The maximum Gasteiger partial charge on any atom is 0.216 e. The fourth-order valence-electron chi connectivity index (χ4n) is 2.59. The number of carbonyl (C=O) groups excluding carboxylic acids is 1. The number of nitrogens with one attached hydrogen (secondary N) is 1. The van der Waals surface area contributed by atoms with Gasteiger partial charge in [0.05, 0.1) is 18.5 Å². The van der Waals surface area contributed by atoms with Gasteiger partial charge < -0.3 is 14.6 Å². The van der Waals surface area contributed by atoms with E-state index in [1.165, 1.54) is 6.92 Å². The maximum atomic E-state index is 11.2. The molecule has 0 atom stereocenters. The van der Waals surface area contributed by atoms with Crippen LogP contribution in [0.15, 0.2) is 65.0 Å². The molecule has 0 aliphatic heterocycles. The molecule has 1 N–H and O–H groups in total. The minimum absolute atomic E-state index is 0.0317. The third-order valence-electron chi connectivity index (χ3n) is 3.87. The van der Waals surface area contributed by atoms with Gasteiger partial charge in [0.1, 0.15) is 5.75 Å². The quantitative estimate of drug-likeness (QED) is 0.724. The van der Waals surface area contributed by atoms with Crippen molar-refractivity contribution in [3.63, 3.8) is 0 Å². The first-order valence-electron chi connectivity index (χ1n) is 8.34. The van der Waals surface area contributed by atoms with Crippen molar-refractivity contribution in [3.8, 4) is 17.0 Å². The molecule has 6 heteroatoms. The second-order valence-corrected chi connectivity index (χ2v) is 6.55. The Morgan fingerprint density at radius 3 is 2.54 bits per heavy atom.